The molecule has 0 heterocycles. The van der Waals surface area contributed by atoms with Crippen molar-refractivity contribution in [1.29, 1.82) is 0 Å². The van der Waals surface area contributed by atoms with Gasteiger partial charge in [-0.2, -0.15) is 0 Å². The lowest BCUT2D eigenvalue weighted by Crippen LogP contribution is -1.93. The molecule has 0 unspecified atom stereocenters. The summed E-state index contributed by atoms with van der Waals surface area (Å²) < 4.78 is 0. The van der Waals surface area contributed by atoms with Crippen LogP contribution in [0.25, 0.3) is 0 Å². The number of aliphatic carboxylic acids is 3. The molecule has 0 fully saturated rings. The lowest BCUT2D eigenvalue weighted by Gasteiger charge is -2.01. The Morgan fingerprint density at radius 3 is 0.898 bits per heavy atom. The van der Waals surface area contributed by atoms with E-state index in [1.807, 2.05) is 0 Å². The van der Waals surface area contributed by atoms with Gasteiger partial charge in [0.15, 0.2) is 0 Å². The van der Waals surface area contributed by atoms with Crippen LogP contribution in [-0.4, -0.2) is 33.2 Å². The van der Waals surface area contributed by atoms with E-state index >= 15 is 0 Å². The molecular formula is C53H102O6. The summed E-state index contributed by atoms with van der Waals surface area (Å²) in [5.74, 6) is -1.18. The van der Waals surface area contributed by atoms with E-state index in [9.17, 15) is 14.4 Å². The number of allylic oxidation sites excluding steroid dienone is 6. The quantitative estimate of drug-likeness (QED) is 0.0324. The summed E-state index contributed by atoms with van der Waals surface area (Å²) in [6.45, 7) is 19.5. The number of hydrogen-bond acceptors (Lipinski definition) is 3. The van der Waals surface area contributed by atoms with E-state index in [1.165, 1.54) is 141 Å². The first-order chi connectivity index (χ1) is 28.6. The Bertz CT molecular complexity index is 886. The molecule has 0 spiro atoms. The Hall–Kier alpha value is -2.63. The first kappa shape index (κ1) is 65.5. The van der Waals surface area contributed by atoms with E-state index in [-0.39, 0.29) is 0 Å². The molecule has 3 N–H and O–H groups in total. The fourth-order valence-corrected chi connectivity index (χ4v) is 5.96. The summed E-state index contributed by atoms with van der Waals surface area (Å²) in [7, 11) is 0. The minimum Gasteiger partial charge on any atom is -0.481 e. The SMILES string of the molecule is C=C.CC(C)CCCC/C=C\C=C\CCCCCCC(=O)O.CCCCCCC.CCCCCCCC/C=C/CCCCCCC(=O)O.CCCCCCCCC(=O)O. The predicted molar refractivity (Wildman–Crippen MR) is 261 cm³/mol. The molecule has 0 aliphatic carbocycles. The molecule has 0 aromatic carbocycles. The predicted octanol–water partition coefficient (Wildman–Crippen LogP) is 18.1. The molecule has 0 radical (unpaired) electrons. The van der Waals surface area contributed by atoms with Gasteiger partial charge >= 0.3 is 17.9 Å². The maximum absolute atomic E-state index is 10.3. The number of carboxylic acid groups (broad SMARTS) is 3. The fourth-order valence-electron chi connectivity index (χ4n) is 5.96. The Kier molecular flexibility index (Phi) is 71.6. The van der Waals surface area contributed by atoms with E-state index in [0.717, 1.165) is 70.1 Å². The van der Waals surface area contributed by atoms with Crippen LogP contribution in [0.3, 0.4) is 0 Å². The standard InChI is InChI=1S/C18H32O2.C17H32O2.C9H18O2.C7H16.C2H4/c1-17(2)15-13-11-9-7-5-3-4-6-8-10-12-14-16-18(19)20;1-2-3-4-5-6-7-8-9-10-11-12-13-14-15-16-17(18)19;1-2-3-4-5-6-7-8-9(10)11;1-3-5-7-6-4-2;1-2/h3-5,7,17H,6,8-16H2,1-2H3,(H,19,20);9-10H,2-8,11-16H2,1H3,(H,18,19);2-8H2,1H3,(H,10,11);3-7H2,1-2H3;1-2H2/b4-3+,7-5-;10-9+;;;. The van der Waals surface area contributed by atoms with Crippen molar-refractivity contribution in [2.45, 2.75) is 266 Å². The van der Waals surface area contributed by atoms with Gasteiger partial charge in [-0.3, -0.25) is 14.4 Å². The molecule has 6 nitrogen and oxygen atoms in total. The van der Waals surface area contributed by atoms with Crippen LogP contribution in [-0.2, 0) is 14.4 Å². The minimum absolute atomic E-state index is 0.315. The first-order valence-corrected chi connectivity index (χ1v) is 24.7. The molecule has 6 heteroatoms. The average molecular weight is 835 g/mol. The molecule has 0 aromatic heterocycles. The van der Waals surface area contributed by atoms with E-state index in [2.05, 4.69) is 91.2 Å². The van der Waals surface area contributed by atoms with Gasteiger partial charge in [0.1, 0.15) is 0 Å². The highest BCUT2D eigenvalue weighted by molar-refractivity contribution is 5.67. The maximum atomic E-state index is 10.3. The minimum atomic E-state index is -0.677. The monoisotopic (exact) mass is 835 g/mol. The summed E-state index contributed by atoms with van der Waals surface area (Å²) in [6, 6.07) is 0. The van der Waals surface area contributed by atoms with Gasteiger partial charge in [-0.05, 0) is 76.5 Å². The third-order valence-electron chi connectivity index (χ3n) is 9.65. The number of hydrogen-bond donors (Lipinski definition) is 3. The Balaban J connectivity index is -0.000000230. The third-order valence-corrected chi connectivity index (χ3v) is 9.65. The van der Waals surface area contributed by atoms with Crippen LogP contribution in [0.1, 0.15) is 266 Å². The van der Waals surface area contributed by atoms with Crippen molar-refractivity contribution in [3.8, 4) is 0 Å². The van der Waals surface area contributed by atoms with Crippen LogP contribution in [0, 0.1) is 5.92 Å². The van der Waals surface area contributed by atoms with Crippen molar-refractivity contribution in [3.63, 3.8) is 0 Å². The molecule has 59 heavy (non-hydrogen) atoms. The lowest BCUT2D eigenvalue weighted by molar-refractivity contribution is -0.138. The highest BCUT2D eigenvalue weighted by Gasteiger charge is 1.98. The van der Waals surface area contributed by atoms with Gasteiger partial charge in [0.25, 0.3) is 0 Å². The van der Waals surface area contributed by atoms with Crippen molar-refractivity contribution in [2.24, 2.45) is 5.92 Å². The molecule has 350 valence electrons. The summed E-state index contributed by atoms with van der Waals surface area (Å²) in [5, 5.41) is 25.3. The Morgan fingerprint density at radius 1 is 0.373 bits per heavy atom. The first-order valence-electron chi connectivity index (χ1n) is 24.7. The van der Waals surface area contributed by atoms with Crippen LogP contribution in [0.4, 0.5) is 0 Å². The molecule has 0 aliphatic rings. The van der Waals surface area contributed by atoms with Gasteiger partial charge in [-0.25, -0.2) is 0 Å². The van der Waals surface area contributed by atoms with Gasteiger partial charge in [0.2, 0.25) is 0 Å². The topological polar surface area (TPSA) is 112 Å². The Labute approximate surface area is 368 Å². The van der Waals surface area contributed by atoms with Crippen molar-refractivity contribution in [3.05, 3.63) is 49.6 Å². The lowest BCUT2D eigenvalue weighted by atomic mass is 10.1. The molecule has 0 rings (SSSR count). The number of carboxylic acids is 3. The van der Waals surface area contributed by atoms with Crippen molar-refractivity contribution >= 4 is 17.9 Å². The number of unbranched alkanes of at least 4 members (excludes halogenated alkanes) is 25. The largest absolute Gasteiger partial charge is 0.481 e. The zero-order chi connectivity index (χ0) is 45.3. The van der Waals surface area contributed by atoms with Gasteiger partial charge < -0.3 is 15.3 Å². The van der Waals surface area contributed by atoms with Gasteiger partial charge in [-0.15, -0.1) is 13.2 Å². The van der Waals surface area contributed by atoms with Crippen molar-refractivity contribution in [2.75, 3.05) is 0 Å². The summed E-state index contributed by atoms with van der Waals surface area (Å²) in [6.07, 6.45) is 53.5. The second-order valence-corrected chi connectivity index (χ2v) is 16.2. The van der Waals surface area contributed by atoms with Gasteiger partial charge in [0.05, 0.1) is 0 Å². The molecule has 0 bridgehead atoms. The molecule has 0 saturated carbocycles. The molecule has 0 aromatic rings. The highest BCUT2D eigenvalue weighted by Crippen LogP contribution is 2.11. The highest BCUT2D eigenvalue weighted by atomic mass is 16.4. The molecule has 0 saturated heterocycles. The smallest absolute Gasteiger partial charge is 0.303 e. The van der Waals surface area contributed by atoms with E-state index in [1.54, 1.807) is 0 Å². The number of rotatable bonds is 38. The van der Waals surface area contributed by atoms with Crippen molar-refractivity contribution < 1.29 is 29.7 Å². The van der Waals surface area contributed by atoms with Gasteiger partial charge in [0, 0.05) is 19.3 Å². The summed E-state index contributed by atoms with van der Waals surface area (Å²) >= 11 is 0. The van der Waals surface area contributed by atoms with E-state index in [0.29, 0.717) is 19.3 Å². The summed E-state index contributed by atoms with van der Waals surface area (Å²) in [5.41, 5.74) is 0. The van der Waals surface area contributed by atoms with E-state index in [4.69, 9.17) is 15.3 Å². The van der Waals surface area contributed by atoms with Crippen LogP contribution in [0.5, 0.6) is 0 Å². The van der Waals surface area contributed by atoms with Crippen LogP contribution < -0.4 is 0 Å². The molecule has 0 amide bonds. The zero-order valence-corrected chi connectivity index (χ0v) is 40.3. The van der Waals surface area contributed by atoms with E-state index < -0.39 is 17.9 Å². The second-order valence-electron chi connectivity index (χ2n) is 16.2. The average Bonchev–Trinajstić information content (AvgIpc) is 3.21. The number of carbonyl (C=O) groups is 3. The third kappa shape index (κ3) is 87.9. The van der Waals surface area contributed by atoms with Crippen molar-refractivity contribution in [1.82, 2.24) is 0 Å². The normalized spacial score (nSPS) is 10.7. The molecule has 0 aliphatic heterocycles. The fraction of sp³-hybridized carbons (Fsp3) is 0.792. The summed E-state index contributed by atoms with van der Waals surface area (Å²) in [4.78, 5) is 30.7. The van der Waals surface area contributed by atoms with Crippen LogP contribution >= 0.6 is 0 Å². The van der Waals surface area contributed by atoms with Crippen LogP contribution in [0.2, 0.25) is 0 Å². The second kappa shape index (κ2) is 64.5. The maximum Gasteiger partial charge on any atom is 0.303 e. The molecule has 0 atom stereocenters. The zero-order valence-electron chi connectivity index (χ0n) is 40.3. The van der Waals surface area contributed by atoms with Crippen LogP contribution in [0.15, 0.2) is 49.6 Å². The van der Waals surface area contributed by atoms with Gasteiger partial charge in [-0.1, -0.05) is 213 Å². The molecular weight excluding hydrogens is 733 g/mol. The Morgan fingerprint density at radius 2 is 0.610 bits per heavy atom.